The highest BCUT2D eigenvalue weighted by Gasteiger charge is 2.16. The molecule has 6 heteroatoms. The zero-order chi connectivity index (χ0) is 18.2. The van der Waals surface area contributed by atoms with Crippen LogP contribution in [-0.2, 0) is 4.74 Å². The molecule has 2 aromatic rings. The Hall–Kier alpha value is -2.60. The monoisotopic (exact) mass is 354 g/mol. The maximum atomic E-state index is 12.7. The standard InChI is InChI=1S/C20H26N4O2/c1-2-3-9-21-16-8-10-22-18(15-16)20(25)23-17-6-4-5-7-19(17)24-11-13-26-14-12-24/h4-8,10,15H,2-3,9,11-14H2,1H3,(H,21,22)(H,23,25). The number of rotatable bonds is 7. The normalized spacial score (nSPS) is 14.1. The van der Waals surface area contributed by atoms with Crippen LogP contribution in [0.1, 0.15) is 30.3 Å². The van der Waals surface area contributed by atoms with E-state index in [1.165, 1.54) is 0 Å². The van der Waals surface area contributed by atoms with Gasteiger partial charge in [-0.15, -0.1) is 0 Å². The Morgan fingerprint density at radius 3 is 2.85 bits per heavy atom. The topological polar surface area (TPSA) is 66.5 Å². The van der Waals surface area contributed by atoms with Crippen molar-refractivity contribution in [3.05, 3.63) is 48.3 Å². The molecule has 1 saturated heterocycles. The van der Waals surface area contributed by atoms with E-state index in [9.17, 15) is 4.79 Å². The molecular formula is C20H26N4O2. The summed E-state index contributed by atoms with van der Waals surface area (Å²) in [6.07, 6.45) is 3.89. The molecule has 6 nitrogen and oxygen atoms in total. The van der Waals surface area contributed by atoms with Crippen LogP contribution in [0.4, 0.5) is 17.1 Å². The minimum absolute atomic E-state index is 0.204. The molecule has 1 amide bonds. The zero-order valence-corrected chi connectivity index (χ0v) is 15.2. The van der Waals surface area contributed by atoms with E-state index >= 15 is 0 Å². The van der Waals surface area contributed by atoms with Crippen molar-refractivity contribution in [1.82, 2.24) is 4.98 Å². The zero-order valence-electron chi connectivity index (χ0n) is 15.2. The van der Waals surface area contributed by atoms with Gasteiger partial charge in [0.25, 0.3) is 5.91 Å². The van der Waals surface area contributed by atoms with Crippen molar-refractivity contribution in [2.24, 2.45) is 0 Å². The highest BCUT2D eigenvalue weighted by atomic mass is 16.5. The van der Waals surface area contributed by atoms with E-state index in [1.807, 2.05) is 30.3 Å². The number of anilines is 3. The van der Waals surface area contributed by atoms with Gasteiger partial charge in [-0.25, -0.2) is 0 Å². The Kier molecular flexibility index (Phi) is 6.44. The van der Waals surface area contributed by atoms with Crippen molar-refractivity contribution in [3.8, 4) is 0 Å². The number of amides is 1. The molecule has 1 fully saturated rings. The van der Waals surface area contributed by atoms with Gasteiger partial charge >= 0.3 is 0 Å². The lowest BCUT2D eigenvalue weighted by atomic mass is 10.2. The van der Waals surface area contributed by atoms with Crippen LogP contribution in [0.5, 0.6) is 0 Å². The summed E-state index contributed by atoms with van der Waals surface area (Å²) in [5, 5.41) is 6.33. The van der Waals surface area contributed by atoms with E-state index in [1.54, 1.807) is 12.3 Å². The van der Waals surface area contributed by atoms with Crippen molar-refractivity contribution in [2.75, 3.05) is 48.4 Å². The molecule has 1 aliphatic heterocycles. The van der Waals surface area contributed by atoms with Crippen molar-refractivity contribution in [2.45, 2.75) is 19.8 Å². The number of hydrogen-bond acceptors (Lipinski definition) is 5. The molecular weight excluding hydrogens is 328 g/mol. The van der Waals surface area contributed by atoms with Gasteiger partial charge in [0.15, 0.2) is 0 Å². The molecule has 0 radical (unpaired) electrons. The van der Waals surface area contributed by atoms with Gasteiger partial charge < -0.3 is 20.3 Å². The number of benzene rings is 1. The van der Waals surface area contributed by atoms with Crippen LogP contribution in [0.25, 0.3) is 0 Å². The largest absolute Gasteiger partial charge is 0.385 e. The number of para-hydroxylation sites is 2. The quantitative estimate of drug-likeness (QED) is 0.746. The van der Waals surface area contributed by atoms with Gasteiger partial charge in [-0.1, -0.05) is 25.5 Å². The Balaban J connectivity index is 1.71. The Morgan fingerprint density at radius 1 is 1.23 bits per heavy atom. The van der Waals surface area contributed by atoms with Crippen molar-refractivity contribution < 1.29 is 9.53 Å². The second-order valence-electron chi connectivity index (χ2n) is 6.28. The number of carbonyl (C=O) groups is 1. The summed E-state index contributed by atoms with van der Waals surface area (Å²) in [6, 6.07) is 11.5. The SMILES string of the molecule is CCCCNc1ccnc(C(=O)Nc2ccccc2N2CCOCC2)c1. The third kappa shape index (κ3) is 4.73. The number of morpholine rings is 1. The molecule has 0 saturated carbocycles. The lowest BCUT2D eigenvalue weighted by Crippen LogP contribution is -2.36. The van der Waals surface area contributed by atoms with Gasteiger partial charge in [-0.3, -0.25) is 9.78 Å². The molecule has 0 spiro atoms. The first-order valence-electron chi connectivity index (χ1n) is 9.21. The molecule has 1 aromatic heterocycles. The van der Waals surface area contributed by atoms with Crippen LogP contribution >= 0.6 is 0 Å². The number of unbranched alkanes of at least 4 members (excludes halogenated alkanes) is 1. The van der Waals surface area contributed by atoms with Crippen molar-refractivity contribution in [1.29, 1.82) is 0 Å². The number of ether oxygens (including phenoxy) is 1. The Morgan fingerprint density at radius 2 is 2.04 bits per heavy atom. The molecule has 1 aliphatic rings. The summed E-state index contributed by atoms with van der Waals surface area (Å²) >= 11 is 0. The minimum Gasteiger partial charge on any atom is -0.385 e. The summed E-state index contributed by atoms with van der Waals surface area (Å²) in [7, 11) is 0. The highest BCUT2D eigenvalue weighted by Crippen LogP contribution is 2.26. The summed E-state index contributed by atoms with van der Waals surface area (Å²) in [4.78, 5) is 19.1. The minimum atomic E-state index is -0.204. The van der Waals surface area contributed by atoms with Crippen molar-refractivity contribution >= 4 is 23.0 Å². The summed E-state index contributed by atoms with van der Waals surface area (Å²) < 4.78 is 5.42. The van der Waals surface area contributed by atoms with Gasteiger partial charge in [0.1, 0.15) is 5.69 Å². The fourth-order valence-corrected chi connectivity index (χ4v) is 2.92. The molecule has 1 aromatic carbocycles. The van der Waals surface area contributed by atoms with Gasteiger partial charge in [-0.05, 0) is 30.7 Å². The number of pyridine rings is 1. The Bertz CT molecular complexity index is 729. The molecule has 0 unspecified atom stereocenters. The molecule has 0 aliphatic carbocycles. The maximum Gasteiger partial charge on any atom is 0.274 e. The van der Waals surface area contributed by atoms with Crippen LogP contribution in [0, 0.1) is 0 Å². The Labute approximate surface area is 154 Å². The lowest BCUT2D eigenvalue weighted by Gasteiger charge is -2.30. The van der Waals surface area contributed by atoms with E-state index in [0.717, 1.165) is 49.5 Å². The molecule has 3 rings (SSSR count). The van der Waals surface area contributed by atoms with Crippen LogP contribution in [0.3, 0.4) is 0 Å². The molecule has 0 atom stereocenters. The molecule has 2 N–H and O–H groups in total. The van der Waals surface area contributed by atoms with E-state index in [2.05, 4.69) is 27.4 Å². The third-order valence-electron chi connectivity index (χ3n) is 4.36. The number of carbonyl (C=O) groups excluding carboxylic acids is 1. The molecule has 0 bridgehead atoms. The van der Waals surface area contributed by atoms with Crippen LogP contribution in [0.15, 0.2) is 42.6 Å². The highest BCUT2D eigenvalue weighted by molar-refractivity contribution is 6.05. The predicted molar refractivity (Wildman–Crippen MR) is 105 cm³/mol. The van der Waals surface area contributed by atoms with Gasteiger partial charge in [0.05, 0.1) is 24.6 Å². The van der Waals surface area contributed by atoms with E-state index in [0.29, 0.717) is 18.9 Å². The predicted octanol–water partition coefficient (Wildman–Crippen LogP) is 3.38. The summed E-state index contributed by atoms with van der Waals surface area (Å²) in [5.74, 6) is -0.204. The van der Waals surface area contributed by atoms with E-state index < -0.39 is 0 Å². The second-order valence-corrected chi connectivity index (χ2v) is 6.28. The fourth-order valence-electron chi connectivity index (χ4n) is 2.92. The average Bonchev–Trinajstić information content (AvgIpc) is 2.69. The second kappa shape index (κ2) is 9.20. The number of nitrogens with one attached hydrogen (secondary N) is 2. The van der Waals surface area contributed by atoms with Crippen LogP contribution < -0.4 is 15.5 Å². The summed E-state index contributed by atoms with van der Waals surface area (Å²) in [6.45, 7) is 6.09. The molecule has 2 heterocycles. The van der Waals surface area contributed by atoms with Crippen LogP contribution in [-0.4, -0.2) is 43.7 Å². The van der Waals surface area contributed by atoms with Crippen LogP contribution in [0.2, 0.25) is 0 Å². The first kappa shape index (κ1) is 18.2. The fraction of sp³-hybridized carbons (Fsp3) is 0.400. The van der Waals surface area contributed by atoms with E-state index in [-0.39, 0.29) is 5.91 Å². The number of nitrogens with zero attached hydrogens (tertiary/aromatic N) is 2. The van der Waals surface area contributed by atoms with Gasteiger partial charge in [0, 0.05) is 31.5 Å². The van der Waals surface area contributed by atoms with Gasteiger partial charge in [0.2, 0.25) is 0 Å². The maximum absolute atomic E-state index is 12.7. The number of hydrogen-bond donors (Lipinski definition) is 2. The first-order chi connectivity index (χ1) is 12.8. The van der Waals surface area contributed by atoms with Gasteiger partial charge in [-0.2, -0.15) is 0 Å². The molecule has 26 heavy (non-hydrogen) atoms. The first-order valence-corrected chi connectivity index (χ1v) is 9.21. The van der Waals surface area contributed by atoms with E-state index in [4.69, 9.17) is 4.74 Å². The average molecular weight is 354 g/mol. The summed E-state index contributed by atoms with van der Waals surface area (Å²) in [5.41, 5.74) is 3.13. The lowest BCUT2D eigenvalue weighted by molar-refractivity contribution is 0.102. The smallest absolute Gasteiger partial charge is 0.274 e. The number of aromatic nitrogens is 1. The van der Waals surface area contributed by atoms with Crippen molar-refractivity contribution in [3.63, 3.8) is 0 Å². The molecule has 138 valence electrons. The third-order valence-corrected chi connectivity index (χ3v) is 4.36.